The Balaban J connectivity index is 2.71. The number of nitrogens with zero attached hydrogens (tertiary/aromatic N) is 3. The van der Waals surface area contributed by atoms with Crippen molar-refractivity contribution in [3.63, 3.8) is 0 Å². The van der Waals surface area contributed by atoms with Crippen LogP contribution in [0.15, 0.2) is 6.33 Å². The first-order valence-corrected chi connectivity index (χ1v) is 5.57. The van der Waals surface area contributed by atoms with E-state index in [-0.39, 0.29) is 6.04 Å². The quantitative estimate of drug-likeness (QED) is 0.739. The average Bonchev–Trinajstić information content (AvgIpc) is 2.33. The number of hydrogen-bond acceptors (Lipinski definition) is 3. The Morgan fingerprint density at radius 2 is 2.50 bits per heavy atom. The Morgan fingerprint density at radius 1 is 1.83 bits per heavy atom. The van der Waals surface area contributed by atoms with Gasteiger partial charge in [0.05, 0.1) is 0 Å². The fourth-order valence-corrected chi connectivity index (χ4v) is 2.04. The van der Waals surface area contributed by atoms with Gasteiger partial charge in [-0.2, -0.15) is 0 Å². The Kier molecular flexibility index (Phi) is 3.22. The lowest BCUT2D eigenvalue weighted by Crippen LogP contribution is -2.12. The standard InChI is InChI=1S/C6H10ClN3OS/c1-5(3-12(2)11)10-4-8-9-6(10)7/h4-5H,3H2,1-2H3. The molecule has 0 aromatic carbocycles. The van der Waals surface area contributed by atoms with Gasteiger partial charge in [0.25, 0.3) is 0 Å². The number of hydrogen-bond donors (Lipinski definition) is 0. The maximum absolute atomic E-state index is 10.9. The molecule has 0 N–H and O–H groups in total. The van der Waals surface area contributed by atoms with E-state index in [9.17, 15) is 4.21 Å². The summed E-state index contributed by atoms with van der Waals surface area (Å²) in [4.78, 5) is 0. The lowest BCUT2D eigenvalue weighted by atomic mass is 10.4. The molecule has 0 aliphatic rings. The number of rotatable bonds is 3. The van der Waals surface area contributed by atoms with Crippen molar-refractivity contribution in [1.82, 2.24) is 14.8 Å². The molecule has 0 fully saturated rings. The molecule has 68 valence electrons. The van der Waals surface area contributed by atoms with Crippen LogP contribution in [0.25, 0.3) is 0 Å². The van der Waals surface area contributed by atoms with Gasteiger partial charge >= 0.3 is 0 Å². The molecule has 0 amide bonds. The third kappa shape index (κ3) is 2.28. The van der Waals surface area contributed by atoms with Gasteiger partial charge in [-0.25, -0.2) is 0 Å². The van der Waals surface area contributed by atoms with Gasteiger partial charge in [-0.05, 0) is 18.5 Å². The fraction of sp³-hybridized carbons (Fsp3) is 0.667. The van der Waals surface area contributed by atoms with Crippen LogP contribution in [-0.4, -0.2) is 31.0 Å². The van der Waals surface area contributed by atoms with Gasteiger partial charge in [-0.1, -0.05) is 0 Å². The van der Waals surface area contributed by atoms with E-state index in [4.69, 9.17) is 11.6 Å². The molecule has 2 atom stereocenters. The van der Waals surface area contributed by atoms with E-state index < -0.39 is 10.8 Å². The Labute approximate surface area is 78.4 Å². The average molecular weight is 208 g/mol. The molecule has 0 aliphatic heterocycles. The van der Waals surface area contributed by atoms with Crippen LogP contribution >= 0.6 is 11.6 Å². The highest BCUT2D eigenvalue weighted by Gasteiger charge is 2.10. The lowest BCUT2D eigenvalue weighted by molar-refractivity contribution is 0.595. The first kappa shape index (κ1) is 9.67. The van der Waals surface area contributed by atoms with E-state index >= 15 is 0 Å². The van der Waals surface area contributed by atoms with Crippen molar-refractivity contribution in [2.24, 2.45) is 0 Å². The van der Waals surface area contributed by atoms with Gasteiger partial charge < -0.3 is 4.57 Å². The van der Waals surface area contributed by atoms with E-state index in [1.165, 1.54) is 0 Å². The molecule has 1 aromatic heterocycles. The first-order chi connectivity index (χ1) is 5.61. The molecule has 1 aromatic rings. The third-order valence-corrected chi connectivity index (χ3v) is 2.70. The maximum atomic E-state index is 10.9. The second-order valence-corrected chi connectivity index (χ2v) is 4.41. The number of aromatic nitrogens is 3. The molecule has 12 heavy (non-hydrogen) atoms. The van der Waals surface area contributed by atoms with Crippen molar-refractivity contribution in [3.8, 4) is 0 Å². The lowest BCUT2D eigenvalue weighted by Gasteiger charge is -2.10. The topological polar surface area (TPSA) is 47.8 Å². The monoisotopic (exact) mass is 207 g/mol. The van der Waals surface area contributed by atoms with Crippen molar-refractivity contribution in [3.05, 3.63) is 11.6 Å². The normalized spacial score (nSPS) is 15.9. The molecule has 1 rings (SSSR count). The summed E-state index contributed by atoms with van der Waals surface area (Å²) in [6, 6.07) is 0.0818. The molecule has 0 bridgehead atoms. The SMILES string of the molecule is CC(CS(C)=O)n1cnnc1Cl. The van der Waals surface area contributed by atoms with Gasteiger partial charge in [0.2, 0.25) is 5.28 Å². The van der Waals surface area contributed by atoms with Crippen molar-refractivity contribution in [2.75, 3.05) is 12.0 Å². The smallest absolute Gasteiger partial charge is 0.225 e. The van der Waals surface area contributed by atoms with Crippen LogP contribution in [0.5, 0.6) is 0 Å². The Morgan fingerprint density at radius 3 is 2.92 bits per heavy atom. The zero-order chi connectivity index (χ0) is 9.14. The highest BCUT2D eigenvalue weighted by molar-refractivity contribution is 7.84. The zero-order valence-corrected chi connectivity index (χ0v) is 8.47. The van der Waals surface area contributed by atoms with Crippen molar-refractivity contribution in [1.29, 1.82) is 0 Å². The van der Waals surface area contributed by atoms with Gasteiger partial charge in [0.15, 0.2) is 0 Å². The Bertz CT molecular complexity index is 288. The molecule has 0 saturated heterocycles. The first-order valence-electron chi connectivity index (χ1n) is 3.46. The van der Waals surface area contributed by atoms with E-state index in [1.807, 2.05) is 6.92 Å². The predicted octanol–water partition coefficient (Wildman–Crippen LogP) is 0.871. The molecule has 0 aliphatic carbocycles. The summed E-state index contributed by atoms with van der Waals surface area (Å²) in [6.07, 6.45) is 3.20. The molecule has 0 saturated carbocycles. The summed E-state index contributed by atoms with van der Waals surface area (Å²) in [5.41, 5.74) is 0. The third-order valence-electron chi connectivity index (χ3n) is 1.48. The van der Waals surface area contributed by atoms with Gasteiger partial charge in [-0.15, -0.1) is 10.2 Å². The van der Waals surface area contributed by atoms with E-state index in [1.54, 1.807) is 17.2 Å². The molecule has 4 nitrogen and oxygen atoms in total. The summed E-state index contributed by atoms with van der Waals surface area (Å²) in [5, 5.41) is 7.60. The minimum absolute atomic E-state index is 0.0818. The second kappa shape index (κ2) is 4.00. The molecule has 1 heterocycles. The van der Waals surface area contributed by atoms with Gasteiger partial charge in [0.1, 0.15) is 6.33 Å². The van der Waals surface area contributed by atoms with Crippen LogP contribution in [0, 0.1) is 0 Å². The predicted molar refractivity (Wildman–Crippen MR) is 48.7 cm³/mol. The van der Waals surface area contributed by atoms with Gasteiger partial charge in [0, 0.05) is 28.9 Å². The molecule has 6 heteroatoms. The van der Waals surface area contributed by atoms with Crippen LogP contribution in [0.3, 0.4) is 0 Å². The summed E-state index contributed by atoms with van der Waals surface area (Å²) >= 11 is 5.71. The highest BCUT2D eigenvalue weighted by Crippen LogP contribution is 2.12. The summed E-state index contributed by atoms with van der Waals surface area (Å²) in [6.45, 7) is 1.93. The molecule has 2 unspecified atom stereocenters. The van der Waals surface area contributed by atoms with Crippen LogP contribution in [0.4, 0.5) is 0 Å². The summed E-state index contributed by atoms with van der Waals surface area (Å²) in [7, 11) is -0.824. The van der Waals surface area contributed by atoms with Crippen molar-refractivity contribution in [2.45, 2.75) is 13.0 Å². The second-order valence-electron chi connectivity index (χ2n) is 2.60. The molecular weight excluding hydrogens is 198 g/mol. The fourth-order valence-electron chi connectivity index (χ4n) is 0.944. The van der Waals surface area contributed by atoms with Crippen LogP contribution in [-0.2, 0) is 10.8 Å². The highest BCUT2D eigenvalue weighted by atomic mass is 35.5. The van der Waals surface area contributed by atoms with Crippen molar-refractivity contribution >= 4 is 22.4 Å². The van der Waals surface area contributed by atoms with E-state index in [2.05, 4.69) is 10.2 Å². The maximum Gasteiger partial charge on any atom is 0.225 e. The van der Waals surface area contributed by atoms with Crippen LogP contribution < -0.4 is 0 Å². The molecular formula is C6H10ClN3OS. The van der Waals surface area contributed by atoms with E-state index in [0.717, 1.165) is 0 Å². The number of halogens is 1. The van der Waals surface area contributed by atoms with Crippen molar-refractivity contribution < 1.29 is 4.21 Å². The summed E-state index contributed by atoms with van der Waals surface area (Å²) < 4.78 is 12.6. The molecule has 0 radical (unpaired) electrons. The van der Waals surface area contributed by atoms with E-state index in [0.29, 0.717) is 11.0 Å². The minimum atomic E-state index is -0.824. The minimum Gasteiger partial charge on any atom is -0.301 e. The zero-order valence-electron chi connectivity index (χ0n) is 6.90. The molecule has 0 spiro atoms. The largest absolute Gasteiger partial charge is 0.301 e. The van der Waals surface area contributed by atoms with Crippen LogP contribution in [0.1, 0.15) is 13.0 Å². The Hall–Kier alpha value is -0.420. The van der Waals surface area contributed by atoms with Crippen LogP contribution in [0.2, 0.25) is 5.28 Å². The van der Waals surface area contributed by atoms with Gasteiger partial charge in [-0.3, -0.25) is 4.21 Å². The summed E-state index contributed by atoms with van der Waals surface area (Å²) in [5.74, 6) is 0.567.